The standard InChI is InChI=1S/C22H25N7O2/c1-14-13-25-20(27-21(14)30)15-3-4-16(11-15)28-7-9-29(10-8-28)19-6-5-17(22(31)24-2)26-18(19)12-23/h5-6,11,13,16H,3-4,7-10H2,1-2H3,(H,24,31)(H,25,27,30). The van der Waals surface area contributed by atoms with E-state index in [1.807, 2.05) is 0 Å². The molecule has 3 heterocycles. The van der Waals surface area contributed by atoms with Crippen LogP contribution in [0.2, 0.25) is 0 Å². The van der Waals surface area contributed by atoms with Gasteiger partial charge in [-0.25, -0.2) is 9.97 Å². The number of rotatable bonds is 4. The molecule has 1 aliphatic heterocycles. The first-order valence-electron chi connectivity index (χ1n) is 10.4. The number of hydrogen-bond donors (Lipinski definition) is 2. The Morgan fingerprint density at radius 2 is 2.06 bits per heavy atom. The zero-order valence-electron chi connectivity index (χ0n) is 17.7. The maximum Gasteiger partial charge on any atom is 0.269 e. The van der Waals surface area contributed by atoms with Gasteiger partial charge in [0.05, 0.1) is 5.69 Å². The summed E-state index contributed by atoms with van der Waals surface area (Å²) in [6.07, 6.45) is 5.72. The molecular formula is C22H25N7O2. The summed E-state index contributed by atoms with van der Waals surface area (Å²) < 4.78 is 0. The summed E-state index contributed by atoms with van der Waals surface area (Å²) in [5, 5.41) is 12.0. The van der Waals surface area contributed by atoms with Crippen molar-refractivity contribution >= 4 is 17.2 Å². The minimum absolute atomic E-state index is 0.0905. The number of allylic oxidation sites excluding steroid dienone is 1. The Hall–Kier alpha value is -3.51. The van der Waals surface area contributed by atoms with Crippen molar-refractivity contribution in [2.75, 3.05) is 38.1 Å². The van der Waals surface area contributed by atoms with E-state index < -0.39 is 0 Å². The number of nitrogens with zero attached hydrogens (tertiary/aromatic N) is 5. The number of aromatic nitrogens is 3. The molecule has 1 fully saturated rings. The van der Waals surface area contributed by atoms with E-state index in [0.29, 0.717) is 17.4 Å². The number of pyridine rings is 1. The van der Waals surface area contributed by atoms with Gasteiger partial charge in [-0.2, -0.15) is 5.26 Å². The van der Waals surface area contributed by atoms with Crippen molar-refractivity contribution in [1.29, 1.82) is 5.26 Å². The molecule has 0 radical (unpaired) electrons. The van der Waals surface area contributed by atoms with E-state index >= 15 is 0 Å². The van der Waals surface area contributed by atoms with Crippen LogP contribution in [0.5, 0.6) is 0 Å². The van der Waals surface area contributed by atoms with Crippen molar-refractivity contribution in [2.24, 2.45) is 0 Å². The van der Waals surface area contributed by atoms with Gasteiger partial charge < -0.3 is 15.2 Å². The fourth-order valence-electron chi connectivity index (χ4n) is 4.15. The molecule has 2 N–H and O–H groups in total. The van der Waals surface area contributed by atoms with E-state index in [4.69, 9.17) is 0 Å². The number of carbonyl (C=O) groups is 1. The van der Waals surface area contributed by atoms with Crippen LogP contribution in [-0.4, -0.2) is 65.0 Å². The molecule has 2 aromatic heterocycles. The Morgan fingerprint density at radius 1 is 1.29 bits per heavy atom. The predicted octanol–water partition coefficient (Wildman–Crippen LogP) is 1.07. The third-order valence-electron chi connectivity index (χ3n) is 5.95. The van der Waals surface area contributed by atoms with Crippen LogP contribution >= 0.6 is 0 Å². The van der Waals surface area contributed by atoms with Gasteiger partial charge >= 0.3 is 0 Å². The monoisotopic (exact) mass is 419 g/mol. The zero-order chi connectivity index (χ0) is 22.0. The van der Waals surface area contributed by atoms with Gasteiger partial charge in [-0.3, -0.25) is 14.5 Å². The fourth-order valence-corrected chi connectivity index (χ4v) is 4.15. The number of H-pyrrole nitrogens is 1. The van der Waals surface area contributed by atoms with Gasteiger partial charge in [-0.05, 0) is 37.5 Å². The average Bonchev–Trinajstić information content (AvgIpc) is 3.30. The van der Waals surface area contributed by atoms with Crippen LogP contribution in [0.1, 0.15) is 40.4 Å². The normalized spacial score (nSPS) is 19.1. The number of aryl methyl sites for hydroxylation is 1. The van der Waals surface area contributed by atoms with Crippen molar-refractivity contribution < 1.29 is 4.79 Å². The molecule has 1 amide bonds. The molecule has 2 aliphatic rings. The number of nitrogens with one attached hydrogen (secondary N) is 2. The van der Waals surface area contributed by atoms with E-state index in [1.165, 1.54) is 0 Å². The number of hydrogen-bond acceptors (Lipinski definition) is 7. The zero-order valence-corrected chi connectivity index (χ0v) is 17.7. The molecule has 31 heavy (non-hydrogen) atoms. The van der Waals surface area contributed by atoms with E-state index in [0.717, 1.165) is 50.3 Å². The Balaban J connectivity index is 1.43. The van der Waals surface area contributed by atoms with Crippen LogP contribution in [0.3, 0.4) is 0 Å². The first-order chi connectivity index (χ1) is 15.0. The Morgan fingerprint density at radius 3 is 2.74 bits per heavy atom. The molecule has 9 heteroatoms. The fraction of sp³-hybridized carbons (Fsp3) is 0.409. The molecule has 4 rings (SSSR count). The molecule has 2 aromatic rings. The van der Waals surface area contributed by atoms with Crippen LogP contribution in [-0.2, 0) is 0 Å². The first-order valence-corrected chi connectivity index (χ1v) is 10.4. The van der Waals surface area contributed by atoms with Crippen LogP contribution < -0.4 is 15.8 Å². The summed E-state index contributed by atoms with van der Waals surface area (Å²) in [6, 6.07) is 5.89. The number of piperazine rings is 1. The number of nitriles is 1. The quantitative estimate of drug-likeness (QED) is 0.761. The molecule has 9 nitrogen and oxygen atoms in total. The molecule has 0 saturated carbocycles. The molecule has 0 aromatic carbocycles. The second-order valence-corrected chi connectivity index (χ2v) is 7.82. The van der Waals surface area contributed by atoms with Crippen molar-refractivity contribution in [3.63, 3.8) is 0 Å². The van der Waals surface area contributed by atoms with Crippen molar-refractivity contribution in [1.82, 2.24) is 25.2 Å². The Kier molecular flexibility index (Phi) is 5.82. The van der Waals surface area contributed by atoms with Crippen LogP contribution in [0.15, 0.2) is 29.2 Å². The molecule has 0 spiro atoms. The number of carbonyl (C=O) groups excluding carboxylic acids is 1. The number of anilines is 1. The number of amides is 1. The van der Waals surface area contributed by atoms with E-state index in [9.17, 15) is 14.9 Å². The summed E-state index contributed by atoms with van der Waals surface area (Å²) in [7, 11) is 1.54. The van der Waals surface area contributed by atoms with Crippen LogP contribution in [0, 0.1) is 18.3 Å². The predicted molar refractivity (Wildman–Crippen MR) is 117 cm³/mol. The van der Waals surface area contributed by atoms with Crippen molar-refractivity contribution in [2.45, 2.75) is 25.8 Å². The van der Waals surface area contributed by atoms with Gasteiger partial charge in [0, 0.05) is 51.0 Å². The maximum absolute atomic E-state index is 11.9. The van der Waals surface area contributed by atoms with E-state index in [1.54, 1.807) is 32.3 Å². The lowest BCUT2D eigenvalue weighted by atomic mass is 10.1. The maximum atomic E-state index is 11.9. The van der Waals surface area contributed by atoms with Gasteiger partial charge in [0.15, 0.2) is 5.69 Å². The summed E-state index contributed by atoms with van der Waals surface area (Å²) in [4.78, 5) is 39.7. The first kappa shape index (κ1) is 20.8. The lowest BCUT2D eigenvalue weighted by Gasteiger charge is -2.38. The van der Waals surface area contributed by atoms with Gasteiger partial charge in [-0.15, -0.1) is 0 Å². The van der Waals surface area contributed by atoms with E-state index in [-0.39, 0.29) is 22.9 Å². The highest BCUT2D eigenvalue weighted by Gasteiger charge is 2.28. The summed E-state index contributed by atoms with van der Waals surface area (Å²) in [5.41, 5.74) is 2.89. The van der Waals surface area contributed by atoms with E-state index in [2.05, 4.69) is 42.2 Å². The largest absolute Gasteiger partial charge is 0.367 e. The molecule has 1 aliphatic carbocycles. The van der Waals surface area contributed by atoms with Crippen LogP contribution in [0.4, 0.5) is 5.69 Å². The Labute approximate surface area is 180 Å². The molecule has 1 atom stereocenters. The van der Waals surface area contributed by atoms with Gasteiger partial charge in [0.25, 0.3) is 11.5 Å². The number of aromatic amines is 1. The third kappa shape index (κ3) is 4.20. The Bertz CT molecular complexity index is 1120. The van der Waals surface area contributed by atoms with Gasteiger partial charge in [-0.1, -0.05) is 6.08 Å². The molecule has 160 valence electrons. The highest BCUT2D eigenvalue weighted by atomic mass is 16.1. The summed E-state index contributed by atoms with van der Waals surface area (Å²) in [6.45, 7) is 5.01. The van der Waals surface area contributed by atoms with Crippen molar-refractivity contribution in [3.05, 3.63) is 57.5 Å². The summed E-state index contributed by atoms with van der Waals surface area (Å²) in [5.74, 6) is 0.360. The second-order valence-electron chi connectivity index (χ2n) is 7.82. The average molecular weight is 419 g/mol. The molecular weight excluding hydrogens is 394 g/mol. The van der Waals surface area contributed by atoms with Gasteiger partial charge in [0.1, 0.15) is 17.6 Å². The molecule has 0 bridgehead atoms. The lowest BCUT2D eigenvalue weighted by molar-refractivity contribution is 0.0958. The van der Waals surface area contributed by atoms with Crippen LogP contribution in [0.25, 0.3) is 5.57 Å². The molecule has 1 unspecified atom stereocenters. The highest BCUT2D eigenvalue weighted by molar-refractivity contribution is 5.92. The second kappa shape index (κ2) is 8.70. The topological polar surface area (TPSA) is 118 Å². The smallest absolute Gasteiger partial charge is 0.269 e. The van der Waals surface area contributed by atoms with Gasteiger partial charge in [0.2, 0.25) is 0 Å². The van der Waals surface area contributed by atoms with Crippen molar-refractivity contribution in [3.8, 4) is 6.07 Å². The lowest BCUT2D eigenvalue weighted by Crippen LogP contribution is -2.49. The SMILES string of the molecule is CNC(=O)c1ccc(N2CCN(C3C=C(c4ncc(C)c(=O)[nH]4)CC3)CC2)c(C#N)n1. The molecule has 1 saturated heterocycles. The minimum Gasteiger partial charge on any atom is -0.367 e. The third-order valence-corrected chi connectivity index (χ3v) is 5.95. The highest BCUT2D eigenvalue weighted by Crippen LogP contribution is 2.30. The summed E-state index contributed by atoms with van der Waals surface area (Å²) >= 11 is 0. The minimum atomic E-state index is -0.305.